The van der Waals surface area contributed by atoms with Crippen LogP contribution in [-0.4, -0.2) is 29.0 Å². The molecule has 0 aromatic carbocycles. The Bertz CT molecular complexity index is 918. The number of hydrogen-bond acceptors (Lipinski definition) is 3. The first-order valence-corrected chi connectivity index (χ1v) is 9.40. The largest absolute Gasteiger partial charge is 0.273 e. The molecular formula is C16H16F3N4Si. The lowest BCUT2D eigenvalue weighted by Crippen LogP contribution is -2.41. The van der Waals surface area contributed by atoms with E-state index in [-0.39, 0.29) is 21.6 Å². The summed E-state index contributed by atoms with van der Waals surface area (Å²) in [6, 6.07) is 3.33. The molecule has 0 amide bonds. The minimum absolute atomic E-state index is 0.194. The summed E-state index contributed by atoms with van der Waals surface area (Å²) in [5.74, 6) is -3.35. The summed E-state index contributed by atoms with van der Waals surface area (Å²) in [4.78, 5) is 7.53. The molecule has 0 aliphatic rings. The van der Waals surface area contributed by atoms with Crippen molar-refractivity contribution in [1.29, 1.82) is 0 Å². The lowest BCUT2D eigenvalue weighted by molar-refractivity contribution is 0.473. The summed E-state index contributed by atoms with van der Waals surface area (Å²) >= 11 is 0. The third-order valence-corrected chi connectivity index (χ3v) is 7.54. The Morgan fingerprint density at radius 2 is 1.83 bits per heavy atom. The number of H-pyrrole nitrogens is 1. The first-order valence-electron chi connectivity index (χ1n) is 7.40. The van der Waals surface area contributed by atoms with Gasteiger partial charge in [-0.3, -0.25) is 5.10 Å². The van der Waals surface area contributed by atoms with Crippen molar-refractivity contribution < 1.29 is 13.2 Å². The highest BCUT2D eigenvalue weighted by atomic mass is 28.3. The van der Waals surface area contributed by atoms with Gasteiger partial charge >= 0.3 is 0 Å². The van der Waals surface area contributed by atoms with Crippen LogP contribution in [0, 0.1) is 17.6 Å². The molecule has 3 aromatic rings. The van der Waals surface area contributed by atoms with E-state index in [2.05, 4.69) is 20.2 Å². The molecule has 0 fully saturated rings. The molecule has 1 N–H and O–H groups in total. The fourth-order valence-electron chi connectivity index (χ4n) is 2.41. The highest BCUT2D eigenvalue weighted by Gasteiger charge is 2.33. The summed E-state index contributed by atoms with van der Waals surface area (Å²) in [6.07, 6.45) is 1.54. The van der Waals surface area contributed by atoms with Crippen LogP contribution in [0.1, 0.15) is 20.8 Å². The van der Waals surface area contributed by atoms with E-state index >= 15 is 4.39 Å². The van der Waals surface area contributed by atoms with Crippen LogP contribution in [0.25, 0.3) is 22.4 Å². The number of hydrogen-bond donors (Lipinski definition) is 1. The predicted molar refractivity (Wildman–Crippen MR) is 88.0 cm³/mol. The zero-order valence-corrected chi connectivity index (χ0v) is 14.7. The third-order valence-electron chi connectivity index (χ3n) is 4.10. The van der Waals surface area contributed by atoms with E-state index in [9.17, 15) is 8.78 Å². The molecule has 24 heavy (non-hydrogen) atoms. The maximum absolute atomic E-state index is 15.1. The van der Waals surface area contributed by atoms with Crippen molar-refractivity contribution in [3.05, 3.63) is 35.9 Å². The number of aromatic amines is 1. The van der Waals surface area contributed by atoms with Crippen molar-refractivity contribution in [3.63, 3.8) is 0 Å². The summed E-state index contributed by atoms with van der Waals surface area (Å²) < 4.78 is 43.4. The molecule has 0 aliphatic carbocycles. The van der Waals surface area contributed by atoms with Crippen molar-refractivity contribution in [1.82, 2.24) is 20.2 Å². The van der Waals surface area contributed by atoms with E-state index in [1.165, 1.54) is 0 Å². The van der Waals surface area contributed by atoms with Gasteiger partial charge in [-0.1, -0.05) is 27.3 Å². The lowest BCUT2D eigenvalue weighted by atomic mass is 10.2. The SMILES string of the molecule is C[Si](c1c(F)c(F)nc(-c2[nH]nc3ncccc23)c1F)C(C)(C)C. The van der Waals surface area contributed by atoms with Crippen LogP contribution in [0.2, 0.25) is 11.6 Å². The second-order valence-corrected chi connectivity index (χ2v) is 9.85. The molecule has 1 radical (unpaired) electrons. The Hall–Kier alpha value is -2.22. The molecule has 3 rings (SSSR count). The fourth-order valence-corrected chi connectivity index (χ4v) is 4.04. The Labute approximate surface area is 138 Å². The number of pyridine rings is 2. The molecule has 0 aliphatic heterocycles. The zero-order valence-electron chi connectivity index (χ0n) is 13.7. The number of nitrogens with one attached hydrogen (secondary N) is 1. The van der Waals surface area contributed by atoms with E-state index in [0.29, 0.717) is 11.0 Å². The maximum atomic E-state index is 15.1. The van der Waals surface area contributed by atoms with Gasteiger partial charge in [0.2, 0.25) is 5.95 Å². The molecular weight excluding hydrogens is 333 g/mol. The molecule has 3 heterocycles. The second kappa shape index (κ2) is 5.69. The van der Waals surface area contributed by atoms with Crippen LogP contribution < -0.4 is 5.19 Å². The Morgan fingerprint density at radius 1 is 1.12 bits per heavy atom. The van der Waals surface area contributed by atoms with E-state index in [1.807, 2.05) is 20.8 Å². The number of nitrogens with zero attached hydrogens (tertiary/aromatic N) is 3. The van der Waals surface area contributed by atoms with Gasteiger partial charge in [-0.2, -0.15) is 9.49 Å². The zero-order chi connectivity index (χ0) is 17.6. The lowest BCUT2D eigenvalue weighted by Gasteiger charge is -2.26. The molecule has 0 atom stereocenters. The standard InChI is InChI=1S/C16H16F3N4Si/c1-16(2,3)24(4)13-9(17)12(21-14(19)10(13)18)11-8-6-5-7-20-15(8)23-22-11/h5-7H,1-4H3,(H,20,22,23). The normalized spacial score (nSPS) is 12.3. The summed E-state index contributed by atoms with van der Waals surface area (Å²) in [5.41, 5.74) is 0.283. The van der Waals surface area contributed by atoms with Crippen molar-refractivity contribution in [3.8, 4) is 11.4 Å². The van der Waals surface area contributed by atoms with Crippen LogP contribution in [-0.2, 0) is 0 Å². The van der Waals surface area contributed by atoms with Crippen LogP contribution in [0.5, 0.6) is 0 Å². The van der Waals surface area contributed by atoms with Crippen LogP contribution in [0.3, 0.4) is 0 Å². The quantitative estimate of drug-likeness (QED) is 0.568. The van der Waals surface area contributed by atoms with E-state index in [4.69, 9.17) is 0 Å². The summed E-state index contributed by atoms with van der Waals surface area (Å²) in [7, 11) is -1.71. The van der Waals surface area contributed by atoms with Crippen LogP contribution >= 0.6 is 0 Å². The number of rotatable bonds is 2. The molecule has 3 aromatic heterocycles. The van der Waals surface area contributed by atoms with E-state index in [0.717, 1.165) is 0 Å². The van der Waals surface area contributed by atoms with Crippen LogP contribution in [0.15, 0.2) is 18.3 Å². The van der Waals surface area contributed by atoms with Gasteiger partial charge in [0.05, 0.1) is 14.5 Å². The van der Waals surface area contributed by atoms with Crippen molar-refractivity contribution >= 4 is 25.0 Å². The highest BCUT2D eigenvalue weighted by Crippen LogP contribution is 2.31. The first kappa shape index (κ1) is 16.6. The molecule has 4 nitrogen and oxygen atoms in total. The maximum Gasteiger partial charge on any atom is 0.249 e. The molecule has 0 saturated heterocycles. The molecule has 125 valence electrons. The van der Waals surface area contributed by atoms with Gasteiger partial charge in [-0.05, 0) is 17.2 Å². The second-order valence-electron chi connectivity index (χ2n) is 6.60. The van der Waals surface area contributed by atoms with E-state index in [1.54, 1.807) is 24.9 Å². The topological polar surface area (TPSA) is 54.5 Å². The van der Waals surface area contributed by atoms with Gasteiger partial charge in [0, 0.05) is 16.8 Å². The van der Waals surface area contributed by atoms with Gasteiger partial charge in [0.25, 0.3) is 0 Å². The molecule has 0 spiro atoms. The molecule has 0 saturated carbocycles. The third kappa shape index (κ3) is 2.60. The van der Waals surface area contributed by atoms with Gasteiger partial charge in [0.15, 0.2) is 17.3 Å². The average molecular weight is 349 g/mol. The molecule has 0 bridgehead atoms. The Morgan fingerprint density at radius 3 is 2.50 bits per heavy atom. The van der Waals surface area contributed by atoms with Gasteiger partial charge in [-0.25, -0.2) is 18.7 Å². The Kier molecular flexibility index (Phi) is 3.95. The molecule has 8 heteroatoms. The number of aromatic nitrogens is 4. The van der Waals surface area contributed by atoms with Crippen molar-refractivity contribution in [2.24, 2.45) is 0 Å². The minimum atomic E-state index is -1.71. The fraction of sp³-hybridized carbons (Fsp3) is 0.312. The highest BCUT2D eigenvalue weighted by molar-refractivity contribution is 6.74. The first-order chi connectivity index (χ1) is 11.2. The average Bonchev–Trinajstić information content (AvgIpc) is 2.94. The number of halogens is 3. The number of fused-ring (bicyclic) bond motifs is 1. The Balaban J connectivity index is 2.29. The van der Waals surface area contributed by atoms with Crippen molar-refractivity contribution in [2.75, 3.05) is 0 Å². The van der Waals surface area contributed by atoms with Gasteiger partial charge < -0.3 is 0 Å². The van der Waals surface area contributed by atoms with Crippen molar-refractivity contribution in [2.45, 2.75) is 32.4 Å². The molecule has 0 unspecified atom stereocenters. The van der Waals surface area contributed by atoms with Gasteiger partial charge in [-0.15, -0.1) is 0 Å². The van der Waals surface area contributed by atoms with E-state index < -0.39 is 26.4 Å². The monoisotopic (exact) mass is 349 g/mol. The summed E-state index contributed by atoms with van der Waals surface area (Å²) in [5, 5.41) is 6.53. The predicted octanol–water partition coefficient (Wildman–Crippen LogP) is 3.57. The minimum Gasteiger partial charge on any atom is -0.273 e. The smallest absolute Gasteiger partial charge is 0.249 e. The van der Waals surface area contributed by atoms with Gasteiger partial charge in [0.1, 0.15) is 5.69 Å². The van der Waals surface area contributed by atoms with Crippen LogP contribution in [0.4, 0.5) is 13.2 Å². The summed E-state index contributed by atoms with van der Waals surface area (Å²) in [6.45, 7) is 7.41.